The van der Waals surface area contributed by atoms with Crippen LogP contribution in [0, 0.1) is 5.82 Å². The summed E-state index contributed by atoms with van der Waals surface area (Å²) < 4.78 is 12.8. The van der Waals surface area contributed by atoms with Gasteiger partial charge >= 0.3 is 0 Å². The van der Waals surface area contributed by atoms with Crippen molar-refractivity contribution in [2.45, 2.75) is 19.8 Å². The molecule has 0 heterocycles. The van der Waals surface area contributed by atoms with E-state index >= 15 is 0 Å². The largest absolute Gasteiger partial charge is 0.325 e. The van der Waals surface area contributed by atoms with Gasteiger partial charge in [0.1, 0.15) is 5.82 Å². The maximum absolute atomic E-state index is 12.8. The Morgan fingerprint density at radius 1 is 1.00 bits per heavy atom. The summed E-state index contributed by atoms with van der Waals surface area (Å²) in [6.07, 6.45) is -0.0572. The molecule has 0 unspecified atom stereocenters. The molecule has 2 aromatic carbocycles. The van der Waals surface area contributed by atoms with Crippen molar-refractivity contribution in [2.24, 2.45) is 0 Å². The summed E-state index contributed by atoms with van der Waals surface area (Å²) in [6, 6.07) is 9.73. The average Bonchev–Trinajstić information content (AvgIpc) is 2.55. The molecule has 1 amide bonds. The number of rotatable bonds is 6. The van der Waals surface area contributed by atoms with Crippen LogP contribution in [0.1, 0.15) is 40.5 Å². The van der Waals surface area contributed by atoms with E-state index in [9.17, 15) is 18.8 Å². The van der Waals surface area contributed by atoms with Crippen molar-refractivity contribution < 1.29 is 18.8 Å². The molecule has 0 saturated heterocycles. The predicted molar refractivity (Wildman–Crippen MR) is 90.1 cm³/mol. The molecule has 0 fully saturated rings. The Hall–Kier alpha value is -2.53. The first-order chi connectivity index (χ1) is 11.4. The Kier molecular flexibility index (Phi) is 5.82. The van der Waals surface area contributed by atoms with Crippen LogP contribution >= 0.6 is 11.6 Å². The lowest BCUT2D eigenvalue weighted by Crippen LogP contribution is -2.14. The SMILES string of the molecule is CC(=O)c1ccc(Cl)c(NC(=O)CCC(=O)c2ccc(F)cc2)c1. The molecular formula is C18H15ClFNO3. The van der Waals surface area contributed by atoms with E-state index < -0.39 is 11.7 Å². The van der Waals surface area contributed by atoms with Crippen LogP contribution in [0.5, 0.6) is 0 Å². The standard InChI is InChI=1S/C18H15ClFNO3/c1-11(22)13-4-7-15(19)16(10-13)21-18(24)9-8-17(23)12-2-5-14(20)6-3-12/h2-7,10H,8-9H2,1H3,(H,21,24). The monoisotopic (exact) mass is 347 g/mol. The first kappa shape index (κ1) is 17.8. The maximum atomic E-state index is 12.8. The number of benzene rings is 2. The first-order valence-electron chi connectivity index (χ1n) is 7.26. The van der Waals surface area contributed by atoms with E-state index in [1.54, 1.807) is 6.07 Å². The van der Waals surface area contributed by atoms with Gasteiger partial charge in [0.15, 0.2) is 11.6 Å². The Bertz CT molecular complexity index is 787. The van der Waals surface area contributed by atoms with Gasteiger partial charge in [-0.25, -0.2) is 4.39 Å². The first-order valence-corrected chi connectivity index (χ1v) is 7.63. The van der Waals surface area contributed by atoms with Crippen molar-refractivity contribution >= 4 is 34.8 Å². The number of carbonyl (C=O) groups excluding carboxylic acids is 3. The lowest BCUT2D eigenvalue weighted by molar-refractivity contribution is -0.116. The van der Waals surface area contributed by atoms with Gasteiger partial charge in [0, 0.05) is 24.0 Å². The third-order valence-corrected chi connectivity index (χ3v) is 3.72. The van der Waals surface area contributed by atoms with Crippen molar-refractivity contribution in [1.29, 1.82) is 0 Å². The van der Waals surface area contributed by atoms with E-state index in [-0.39, 0.29) is 24.4 Å². The number of amides is 1. The van der Waals surface area contributed by atoms with Crippen molar-refractivity contribution in [1.82, 2.24) is 0 Å². The highest BCUT2D eigenvalue weighted by molar-refractivity contribution is 6.33. The molecule has 0 aromatic heterocycles. The minimum Gasteiger partial charge on any atom is -0.325 e. The smallest absolute Gasteiger partial charge is 0.224 e. The number of hydrogen-bond donors (Lipinski definition) is 1. The average molecular weight is 348 g/mol. The van der Waals surface area contributed by atoms with Gasteiger partial charge in [-0.2, -0.15) is 0 Å². The quantitative estimate of drug-likeness (QED) is 0.793. The summed E-state index contributed by atoms with van der Waals surface area (Å²) in [5.41, 5.74) is 1.10. The van der Waals surface area contributed by atoms with Gasteiger partial charge in [-0.1, -0.05) is 11.6 Å². The Balaban J connectivity index is 1.96. The molecule has 24 heavy (non-hydrogen) atoms. The van der Waals surface area contributed by atoms with E-state index in [4.69, 9.17) is 11.6 Å². The fraction of sp³-hybridized carbons (Fsp3) is 0.167. The second-order valence-electron chi connectivity index (χ2n) is 5.23. The molecule has 1 N–H and O–H groups in total. The van der Waals surface area contributed by atoms with E-state index in [1.165, 1.54) is 43.3 Å². The molecule has 0 atom stereocenters. The van der Waals surface area contributed by atoms with Gasteiger partial charge in [0.05, 0.1) is 10.7 Å². The third-order valence-electron chi connectivity index (χ3n) is 3.39. The molecule has 0 aliphatic rings. The van der Waals surface area contributed by atoms with Crippen molar-refractivity contribution in [3.05, 3.63) is 64.4 Å². The van der Waals surface area contributed by atoms with Gasteiger partial charge in [0.25, 0.3) is 0 Å². The molecular weight excluding hydrogens is 333 g/mol. The highest BCUT2D eigenvalue weighted by Crippen LogP contribution is 2.23. The molecule has 124 valence electrons. The molecule has 2 rings (SSSR count). The number of halogens is 2. The highest BCUT2D eigenvalue weighted by Gasteiger charge is 2.12. The fourth-order valence-electron chi connectivity index (χ4n) is 2.06. The van der Waals surface area contributed by atoms with Crippen LogP contribution in [-0.4, -0.2) is 17.5 Å². The number of anilines is 1. The van der Waals surface area contributed by atoms with Crippen LogP contribution in [0.3, 0.4) is 0 Å². The van der Waals surface area contributed by atoms with Gasteiger partial charge in [-0.3, -0.25) is 14.4 Å². The van der Waals surface area contributed by atoms with Crippen LogP contribution in [-0.2, 0) is 4.79 Å². The van der Waals surface area contributed by atoms with Gasteiger partial charge in [-0.15, -0.1) is 0 Å². The lowest BCUT2D eigenvalue weighted by atomic mass is 10.1. The van der Waals surface area contributed by atoms with Crippen molar-refractivity contribution in [3.8, 4) is 0 Å². The molecule has 2 aromatic rings. The maximum Gasteiger partial charge on any atom is 0.224 e. The number of nitrogens with one attached hydrogen (secondary N) is 1. The normalized spacial score (nSPS) is 10.3. The number of hydrogen-bond acceptors (Lipinski definition) is 3. The highest BCUT2D eigenvalue weighted by atomic mass is 35.5. The van der Waals surface area contributed by atoms with Crippen molar-refractivity contribution in [2.75, 3.05) is 5.32 Å². The van der Waals surface area contributed by atoms with E-state index in [2.05, 4.69) is 5.32 Å². The van der Waals surface area contributed by atoms with Crippen LogP contribution in [0.25, 0.3) is 0 Å². The summed E-state index contributed by atoms with van der Waals surface area (Å²) in [6.45, 7) is 1.41. The second-order valence-corrected chi connectivity index (χ2v) is 5.64. The van der Waals surface area contributed by atoms with E-state index in [0.717, 1.165) is 0 Å². The molecule has 0 spiro atoms. The summed E-state index contributed by atoms with van der Waals surface area (Å²) in [5, 5.41) is 2.89. The minimum atomic E-state index is -0.427. The topological polar surface area (TPSA) is 63.2 Å². The predicted octanol–water partition coefficient (Wildman–Crippen LogP) is 4.28. The van der Waals surface area contributed by atoms with E-state index in [1.807, 2.05) is 0 Å². The van der Waals surface area contributed by atoms with Gasteiger partial charge in [0.2, 0.25) is 5.91 Å². The Morgan fingerprint density at radius 3 is 2.25 bits per heavy atom. The van der Waals surface area contributed by atoms with Gasteiger partial charge in [-0.05, 0) is 49.4 Å². The van der Waals surface area contributed by atoms with Crippen LogP contribution in [0.4, 0.5) is 10.1 Å². The second kappa shape index (κ2) is 7.84. The molecule has 6 heteroatoms. The number of Topliss-reactive ketones (excluding diaryl/α,β-unsaturated/α-hetero) is 2. The molecule has 4 nitrogen and oxygen atoms in total. The Morgan fingerprint density at radius 2 is 1.62 bits per heavy atom. The van der Waals surface area contributed by atoms with Crippen LogP contribution in [0.15, 0.2) is 42.5 Å². The summed E-state index contributed by atoms with van der Waals surface area (Å²) in [5.74, 6) is -1.22. The molecule has 0 aliphatic heterocycles. The third kappa shape index (κ3) is 4.73. The zero-order valence-electron chi connectivity index (χ0n) is 12.9. The number of ketones is 2. The summed E-state index contributed by atoms with van der Waals surface area (Å²) >= 11 is 5.99. The zero-order valence-corrected chi connectivity index (χ0v) is 13.7. The molecule has 0 bridgehead atoms. The minimum absolute atomic E-state index is 0.0124. The molecule has 0 radical (unpaired) electrons. The fourth-order valence-corrected chi connectivity index (χ4v) is 2.22. The summed E-state index contributed by atoms with van der Waals surface area (Å²) in [7, 11) is 0. The number of carbonyl (C=O) groups is 3. The zero-order chi connectivity index (χ0) is 17.7. The van der Waals surface area contributed by atoms with Crippen LogP contribution in [0.2, 0.25) is 5.02 Å². The summed E-state index contributed by atoms with van der Waals surface area (Å²) in [4.78, 5) is 35.3. The van der Waals surface area contributed by atoms with Gasteiger partial charge < -0.3 is 5.32 Å². The lowest BCUT2D eigenvalue weighted by Gasteiger charge is -2.08. The van der Waals surface area contributed by atoms with Crippen molar-refractivity contribution in [3.63, 3.8) is 0 Å². The molecule has 0 saturated carbocycles. The molecule has 0 aliphatic carbocycles. The van der Waals surface area contributed by atoms with E-state index in [0.29, 0.717) is 21.8 Å². The Labute approximate surface area is 143 Å². The van der Waals surface area contributed by atoms with Crippen LogP contribution < -0.4 is 5.32 Å².